The maximum atomic E-state index is 11.5. The molecule has 4 bridgehead atoms. The number of carbonyl (C=O) groups is 1. The van der Waals surface area contributed by atoms with Gasteiger partial charge in [0.1, 0.15) is 11.3 Å². The van der Waals surface area contributed by atoms with E-state index >= 15 is 0 Å². The van der Waals surface area contributed by atoms with Crippen LogP contribution < -0.4 is 0 Å². The minimum Gasteiger partial charge on any atom is -0.507 e. The van der Waals surface area contributed by atoms with E-state index in [4.69, 9.17) is 11.6 Å². The third-order valence-electron chi connectivity index (χ3n) is 7.37. The molecule has 2 N–H and O–H groups in total. The van der Waals surface area contributed by atoms with E-state index in [1.807, 2.05) is 18.2 Å². The van der Waals surface area contributed by atoms with E-state index in [-0.39, 0.29) is 16.7 Å². The fourth-order valence-corrected chi connectivity index (χ4v) is 6.77. The molecule has 4 heteroatoms. The summed E-state index contributed by atoms with van der Waals surface area (Å²) in [7, 11) is 0. The van der Waals surface area contributed by atoms with Crippen LogP contribution in [-0.4, -0.2) is 16.2 Å². The van der Waals surface area contributed by atoms with Crippen LogP contribution in [0.3, 0.4) is 0 Å². The average molecular weight is 383 g/mol. The standard InChI is InChI=1S/C23H23ClO3/c24-18-4-1-14(2-5-18)21-15-7-13-8-16(21)12-23(10-13,11-15)17-3-6-20(25)19(9-17)22(26)27/h1-6,9,13,15-16,21,25H,7-8,10-12H2,(H,26,27). The van der Waals surface area contributed by atoms with Gasteiger partial charge in [-0.3, -0.25) is 0 Å². The van der Waals surface area contributed by atoms with Crippen molar-refractivity contribution in [3.8, 4) is 5.75 Å². The second kappa shape index (κ2) is 6.00. The van der Waals surface area contributed by atoms with Gasteiger partial charge in [-0.2, -0.15) is 0 Å². The van der Waals surface area contributed by atoms with E-state index in [0.717, 1.165) is 35.8 Å². The minimum absolute atomic E-state index is 0.0255. The van der Waals surface area contributed by atoms with Crippen LogP contribution in [0.5, 0.6) is 5.75 Å². The minimum atomic E-state index is -1.06. The summed E-state index contributed by atoms with van der Waals surface area (Å²) in [5.74, 6) is 1.39. The SMILES string of the molecule is O=C(O)c1cc(C23CC4CC(C2)C(c2ccc(Cl)cc2)C(C4)C3)ccc1O. The Kier molecular flexibility index (Phi) is 3.80. The highest BCUT2D eigenvalue weighted by Crippen LogP contribution is 2.65. The molecule has 0 amide bonds. The maximum absolute atomic E-state index is 11.5. The van der Waals surface area contributed by atoms with Gasteiger partial charge in [0.2, 0.25) is 0 Å². The average Bonchev–Trinajstić information content (AvgIpc) is 2.62. The molecule has 27 heavy (non-hydrogen) atoms. The highest BCUT2D eigenvalue weighted by molar-refractivity contribution is 6.30. The summed E-state index contributed by atoms with van der Waals surface area (Å²) in [6, 6.07) is 13.6. The van der Waals surface area contributed by atoms with Crippen molar-refractivity contribution < 1.29 is 15.0 Å². The Morgan fingerprint density at radius 2 is 1.67 bits per heavy atom. The van der Waals surface area contributed by atoms with E-state index in [2.05, 4.69) is 12.1 Å². The summed E-state index contributed by atoms with van der Waals surface area (Å²) in [5.41, 5.74) is 2.60. The second-order valence-corrected chi connectivity index (χ2v) is 9.30. The zero-order valence-electron chi connectivity index (χ0n) is 15.1. The number of aromatic carboxylic acids is 1. The number of carboxylic acids is 1. The van der Waals surface area contributed by atoms with E-state index < -0.39 is 5.97 Å². The van der Waals surface area contributed by atoms with Crippen LogP contribution in [0.4, 0.5) is 0 Å². The monoisotopic (exact) mass is 382 g/mol. The van der Waals surface area contributed by atoms with Crippen LogP contribution in [0.15, 0.2) is 42.5 Å². The van der Waals surface area contributed by atoms with Crippen LogP contribution in [-0.2, 0) is 5.41 Å². The summed E-state index contributed by atoms with van der Waals surface area (Å²) in [5, 5.41) is 20.1. The first-order chi connectivity index (χ1) is 12.9. The van der Waals surface area contributed by atoms with Crippen LogP contribution in [0.25, 0.3) is 0 Å². The van der Waals surface area contributed by atoms with Crippen LogP contribution in [0.1, 0.15) is 59.5 Å². The molecule has 4 aliphatic rings. The van der Waals surface area contributed by atoms with Gasteiger partial charge in [0, 0.05) is 5.02 Å². The predicted molar refractivity (Wildman–Crippen MR) is 104 cm³/mol. The molecule has 6 rings (SSSR count). The molecule has 0 radical (unpaired) electrons. The van der Waals surface area contributed by atoms with E-state index in [1.165, 1.54) is 18.4 Å². The molecule has 3 nitrogen and oxygen atoms in total. The molecular formula is C23H23ClO3. The highest BCUT2D eigenvalue weighted by atomic mass is 35.5. The van der Waals surface area contributed by atoms with Crippen molar-refractivity contribution in [2.45, 2.75) is 43.4 Å². The molecule has 4 saturated carbocycles. The molecule has 4 fully saturated rings. The van der Waals surface area contributed by atoms with Gasteiger partial charge in [-0.05, 0) is 96.6 Å². The third kappa shape index (κ3) is 2.67. The lowest BCUT2D eigenvalue weighted by atomic mass is 9.44. The molecule has 2 unspecified atom stereocenters. The van der Waals surface area contributed by atoms with Crippen molar-refractivity contribution in [1.82, 2.24) is 0 Å². The Bertz CT molecular complexity index is 888. The van der Waals surface area contributed by atoms with Gasteiger partial charge in [0.15, 0.2) is 0 Å². The number of aromatic hydroxyl groups is 1. The zero-order valence-corrected chi connectivity index (χ0v) is 15.8. The molecule has 0 heterocycles. The van der Waals surface area contributed by atoms with E-state index in [1.54, 1.807) is 12.1 Å². The lowest BCUT2D eigenvalue weighted by molar-refractivity contribution is -0.0256. The number of phenols is 1. The lowest BCUT2D eigenvalue weighted by Gasteiger charge is -2.60. The van der Waals surface area contributed by atoms with E-state index in [9.17, 15) is 15.0 Å². The molecule has 0 aliphatic heterocycles. The number of benzene rings is 2. The summed E-state index contributed by atoms with van der Waals surface area (Å²) in [6.45, 7) is 0. The molecule has 0 aromatic heterocycles. The van der Waals surface area contributed by atoms with Gasteiger partial charge >= 0.3 is 5.97 Å². The molecular weight excluding hydrogens is 360 g/mol. The summed E-state index contributed by atoms with van der Waals surface area (Å²) in [6.07, 6.45) is 5.91. The second-order valence-electron chi connectivity index (χ2n) is 8.86. The molecule has 2 aromatic carbocycles. The van der Waals surface area contributed by atoms with Crippen LogP contribution in [0.2, 0.25) is 5.02 Å². The first-order valence-electron chi connectivity index (χ1n) is 9.77. The molecule has 2 aromatic rings. The summed E-state index contributed by atoms with van der Waals surface area (Å²) < 4.78 is 0. The first-order valence-corrected chi connectivity index (χ1v) is 10.2. The molecule has 2 atom stereocenters. The summed E-state index contributed by atoms with van der Waals surface area (Å²) >= 11 is 6.09. The number of rotatable bonds is 3. The summed E-state index contributed by atoms with van der Waals surface area (Å²) in [4.78, 5) is 11.5. The Labute approximate surface area is 164 Å². The molecule has 0 saturated heterocycles. The predicted octanol–water partition coefficient (Wildman–Crippen LogP) is 5.61. The normalized spacial score (nSPS) is 34.0. The van der Waals surface area contributed by atoms with Crippen molar-refractivity contribution in [1.29, 1.82) is 0 Å². The van der Waals surface area contributed by atoms with Crippen molar-refractivity contribution in [3.05, 3.63) is 64.2 Å². The van der Waals surface area contributed by atoms with Crippen molar-refractivity contribution in [2.75, 3.05) is 0 Å². The Morgan fingerprint density at radius 1 is 1.00 bits per heavy atom. The van der Waals surface area contributed by atoms with Gasteiger partial charge in [-0.1, -0.05) is 29.8 Å². The van der Waals surface area contributed by atoms with Crippen molar-refractivity contribution in [2.24, 2.45) is 17.8 Å². The smallest absolute Gasteiger partial charge is 0.339 e. The lowest BCUT2D eigenvalue weighted by Crippen LogP contribution is -2.52. The molecule has 140 valence electrons. The third-order valence-corrected chi connectivity index (χ3v) is 7.62. The van der Waals surface area contributed by atoms with Crippen molar-refractivity contribution >= 4 is 17.6 Å². The van der Waals surface area contributed by atoms with E-state index in [0.29, 0.717) is 17.8 Å². The quantitative estimate of drug-likeness (QED) is 0.725. The van der Waals surface area contributed by atoms with Crippen molar-refractivity contribution in [3.63, 3.8) is 0 Å². The number of hydrogen-bond donors (Lipinski definition) is 2. The maximum Gasteiger partial charge on any atom is 0.339 e. The fourth-order valence-electron chi connectivity index (χ4n) is 6.64. The number of hydrogen-bond acceptors (Lipinski definition) is 2. The zero-order chi connectivity index (χ0) is 18.8. The van der Waals surface area contributed by atoms with Crippen LogP contribution >= 0.6 is 11.6 Å². The van der Waals surface area contributed by atoms with Crippen LogP contribution in [0, 0.1) is 17.8 Å². The largest absolute Gasteiger partial charge is 0.507 e. The Hall–Kier alpha value is -2.00. The Balaban J connectivity index is 1.52. The van der Waals surface area contributed by atoms with Gasteiger partial charge < -0.3 is 10.2 Å². The molecule has 0 spiro atoms. The van der Waals surface area contributed by atoms with Gasteiger partial charge in [0.05, 0.1) is 0 Å². The molecule has 4 aliphatic carbocycles. The van der Waals surface area contributed by atoms with Gasteiger partial charge in [-0.25, -0.2) is 4.79 Å². The number of carboxylic acid groups (broad SMARTS) is 1. The first kappa shape index (κ1) is 17.1. The topological polar surface area (TPSA) is 57.5 Å². The van der Waals surface area contributed by atoms with Gasteiger partial charge in [-0.15, -0.1) is 0 Å². The number of halogens is 1. The Morgan fingerprint density at radius 3 is 2.30 bits per heavy atom. The van der Waals surface area contributed by atoms with Gasteiger partial charge in [0.25, 0.3) is 0 Å². The highest BCUT2D eigenvalue weighted by Gasteiger charge is 2.56. The fraction of sp³-hybridized carbons (Fsp3) is 0.435.